The first kappa shape index (κ1) is 16.8. The molecule has 0 atom stereocenters. The molecule has 0 unspecified atom stereocenters. The Hall–Kier alpha value is -2.00. The molecule has 1 fully saturated rings. The van der Waals surface area contributed by atoms with Crippen molar-refractivity contribution in [1.29, 1.82) is 0 Å². The van der Waals surface area contributed by atoms with E-state index in [1.807, 2.05) is 7.05 Å². The number of halogens is 1. The molecule has 0 radical (unpaired) electrons. The lowest BCUT2D eigenvalue weighted by Crippen LogP contribution is -2.29. The predicted octanol–water partition coefficient (Wildman–Crippen LogP) is 4.60. The van der Waals surface area contributed by atoms with Crippen LogP contribution in [0.1, 0.15) is 35.2 Å². The molecule has 1 aliphatic heterocycles. The highest BCUT2D eigenvalue weighted by Crippen LogP contribution is 2.21. The Labute approximate surface area is 148 Å². The van der Waals surface area contributed by atoms with Gasteiger partial charge in [-0.2, -0.15) is 0 Å². The topological polar surface area (TPSA) is 23.6 Å². The first-order valence-electron chi connectivity index (χ1n) is 8.48. The van der Waals surface area contributed by atoms with Crippen LogP contribution in [0.3, 0.4) is 0 Å². The van der Waals surface area contributed by atoms with E-state index >= 15 is 0 Å². The van der Waals surface area contributed by atoms with Crippen molar-refractivity contribution in [3.05, 3.63) is 64.7 Å². The van der Waals surface area contributed by atoms with Crippen LogP contribution in [0.5, 0.6) is 0 Å². The molecular weight excluding hydrogens is 320 g/mol. The number of carbonyl (C=O) groups excluding carboxylic acids is 1. The van der Waals surface area contributed by atoms with Crippen LogP contribution in [0.4, 0.5) is 5.69 Å². The van der Waals surface area contributed by atoms with Crippen LogP contribution in [0, 0.1) is 0 Å². The van der Waals surface area contributed by atoms with Crippen LogP contribution < -0.4 is 4.90 Å². The van der Waals surface area contributed by atoms with Crippen molar-refractivity contribution in [3.63, 3.8) is 0 Å². The van der Waals surface area contributed by atoms with Crippen LogP contribution in [0.15, 0.2) is 48.5 Å². The highest BCUT2D eigenvalue weighted by atomic mass is 35.5. The first-order valence-corrected chi connectivity index (χ1v) is 8.86. The number of anilines is 1. The quantitative estimate of drug-likeness (QED) is 0.810. The molecule has 1 amide bonds. The average molecular weight is 343 g/mol. The highest BCUT2D eigenvalue weighted by Gasteiger charge is 2.13. The molecule has 3 rings (SSSR count). The molecule has 2 aromatic rings. The molecule has 1 aliphatic rings. The van der Waals surface area contributed by atoms with Gasteiger partial charge in [0.05, 0.1) is 0 Å². The second-order valence-electron chi connectivity index (χ2n) is 6.38. The summed E-state index contributed by atoms with van der Waals surface area (Å²) in [5.41, 5.74) is 3.08. The largest absolute Gasteiger partial charge is 0.372 e. The Bertz CT molecular complexity index is 676. The summed E-state index contributed by atoms with van der Waals surface area (Å²) in [5.74, 6) is 0.00627. The van der Waals surface area contributed by atoms with Gasteiger partial charge in [0.15, 0.2) is 0 Å². The van der Waals surface area contributed by atoms with Crippen molar-refractivity contribution in [3.8, 4) is 0 Å². The summed E-state index contributed by atoms with van der Waals surface area (Å²) < 4.78 is 0. The van der Waals surface area contributed by atoms with Gasteiger partial charge in [0.1, 0.15) is 0 Å². The Morgan fingerprint density at radius 1 is 1.00 bits per heavy atom. The molecule has 3 nitrogen and oxygen atoms in total. The molecule has 1 saturated heterocycles. The van der Waals surface area contributed by atoms with Gasteiger partial charge < -0.3 is 9.80 Å². The lowest BCUT2D eigenvalue weighted by Gasteiger charge is -2.29. The van der Waals surface area contributed by atoms with E-state index in [4.69, 9.17) is 11.6 Å². The maximum absolute atomic E-state index is 12.4. The van der Waals surface area contributed by atoms with Crippen molar-refractivity contribution in [2.75, 3.05) is 25.0 Å². The zero-order valence-corrected chi connectivity index (χ0v) is 14.8. The van der Waals surface area contributed by atoms with Gasteiger partial charge in [0.25, 0.3) is 5.91 Å². The van der Waals surface area contributed by atoms with E-state index in [2.05, 4.69) is 29.2 Å². The van der Waals surface area contributed by atoms with Gasteiger partial charge in [-0.05, 0) is 61.2 Å². The molecule has 2 aromatic carbocycles. The van der Waals surface area contributed by atoms with E-state index in [1.165, 1.54) is 24.9 Å². The third-order valence-corrected chi connectivity index (χ3v) is 4.77. The van der Waals surface area contributed by atoms with Gasteiger partial charge in [0.2, 0.25) is 0 Å². The molecule has 1 heterocycles. The van der Waals surface area contributed by atoms with E-state index in [0.717, 1.165) is 18.7 Å². The van der Waals surface area contributed by atoms with E-state index in [0.29, 0.717) is 17.1 Å². The number of hydrogen-bond acceptors (Lipinski definition) is 2. The van der Waals surface area contributed by atoms with Crippen molar-refractivity contribution < 1.29 is 4.79 Å². The minimum atomic E-state index is 0.00627. The fourth-order valence-corrected chi connectivity index (χ4v) is 3.25. The Kier molecular flexibility index (Phi) is 5.41. The van der Waals surface area contributed by atoms with E-state index in [9.17, 15) is 4.79 Å². The number of amides is 1. The Morgan fingerprint density at radius 2 is 1.62 bits per heavy atom. The van der Waals surface area contributed by atoms with E-state index in [1.54, 1.807) is 29.2 Å². The second kappa shape index (κ2) is 7.71. The van der Waals surface area contributed by atoms with Crippen molar-refractivity contribution in [2.24, 2.45) is 0 Å². The first-order chi connectivity index (χ1) is 11.6. The van der Waals surface area contributed by atoms with E-state index in [-0.39, 0.29) is 5.91 Å². The molecule has 4 heteroatoms. The van der Waals surface area contributed by atoms with Crippen LogP contribution in [0.2, 0.25) is 5.02 Å². The maximum Gasteiger partial charge on any atom is 0.253 e. The van der Waals surface area contributed by atoms with Gasteiger partial charge in [-0.25, -0.2) is 0 Å². The van der Waals surface area contributed by atoms with Crippen molar-refractivity contribution >= 4 is 23.2 Å². The zero-order valence-electron chi connectivity index (χ0n) is 14.0. The molecule has 0 N–H and O–H groups in total. The number of rotatable bonds is 4. The smallest absolute Gasteiger partial charge is 0.253 e. The average Bonchev–Trinajstić information content (AvgIpc) is 2.63. The zero-order chi connectivity index (χ0) is 16.9. The summed E-state index contributed by atoms with van der Waals surface area (Å²) in [6.45, 7) is 2.89. The van der Waals surface area contributed by atoms with Crippen LogP contribution in [0.25, 0.3) is 0 Å². The van der Waals surface area contributed by atoms with Gasteiger partial charge in [0, 0.05) is 43.0 Å². The van der Waals surface area contributed by atoms with Crippen molar-refractivity contribution in [1.82, 2.24) is 4.90 Å². The number of benzene rings is 2. The number of nitrogens with zero attached hydrogens (tertiary/aromatic N) is 2. The predicted molar refractivity (Wildman–Crippen MR) is 99.8 cm³/mol. The van der Waals surface area contributed by atoms with Crippen molar-refractivity contribution in [2.45, 2.75) is 25.8 Å². The molecule has 0 bridgehead atoms. The normalized spacial score (nSPS) is 14.5. The lowest BCUT2D eigenvalue weighted by atomic mass is 10.1. The second-order valence-corrected chi connectivity index (χ2v) is 6.82. The fourth-order valence-electron chi connectivity index (χ4n) is 3.12. The monoisotopic (exact) mass is 342 g/mol. The third kappa shape index (κ3) is 4.09. The highest BCUT2D eigenvalue weighted by molar-refractivity contribution is 6.30. The van der Waals surface area contributed by atoms with E-state index < -0.39 is 0 Å². The minimum Gasteiger partial charge on any atom is -0.372 e. The molecule has 0 aromatic heterocycles. The van der Waals surface area contributed by atoms with Crippen LogP contribution in [-0.2, 0) is 6.54 Å². The SMILES string of the molecule is CN(Cc1ccc(N2CCCCC2)cc1)C(=O)c1ccc(Cl)cc1. The number of piperidine rings is 1. The standard InChI is InChI=1S/C20H23ClN2O/c1-22(20(24)17-7-9-18(21)10-8-17)15-16-5-11-19(12-6-16)23-13-3-2-4-14-23/h5-12H,2-4,13-15H2,1H3. The van der Waals surface area contributed by atoms with Gasteiger partial charge >= 0.3 is 0 Å². The molecule has 0 aliphatic carbocycles. The number of hydrogen-bond donors (Lipinski definition) is 0. The summed E-state index contributed by atoms with van der Waals surface area (Å²) in [7, 11) is 1.83. The summed E-state index contributed by atoms with van der Waals surface area (Å²) in [5, 5.41) is 0.641. The van der Waals surface area contributed by atoms with Crippen LogP contribution in [-0.4, -0.2) is 30.9 Å². The molecule has 126 valence electrons. The van der Waals surface area contributed by atoms with Gasteiger partial charge in [-0.1, -0.05) is 23.7 Å². The van der Waals surface area contributed by atoms with Gasteiger partial charge in [-0.15, -0.1) is 0 Å². The third-order valence-electron chi connectivity index (χ3n) is 4.52. The fraction of sp³-hybridized carbons (Fsp3) is 0.350. The molecular formula is C20H23ClN2O. The summed E-state index contributed by atoms with van der Waals surface area (Å²) in [4.78, 5) is 16.6. The van der Waals surface area contributed by atoms with Gasteiger partial charge in [-0.3, -0.25) is 4.79 Å². The molecule has 0 saturated carbocycles. The minimum absolute atomic E-state index is 0.00627. The summed E-state index contributed by atoms with van der Waals surface area (Å²) in [6, 6.07) is 15.6. The molecule has 24 heavy (non-hydrogen) atoms. The number of carbonyl (C=O) groups is 1. The summed E-state index contributed by atoms with van der Waals surface area (Å²) in [6.07, 6.45) is 3.90. The molecule has 0 spiro atoms. The summed E-state index contributed by atoms with van der Waals surface area (Å²) >= 11 is 5.88. The maximum atomic E-state index is 12.4. The van der Waals surface area contributed by atoms with Crippen LogP contribution >= 0.6 is 11.6 Å². The Morgan fingerprint density at radius 3 is 2.25 bits per heavy atom. The lowest BCUT2D eigenvalue weighted by molar-refractivity contribution is 0.0785. The Balaban J connectivity index is 1.62.